The van der Waals surface area contributed by atoms with Crippen molar-refractivity contribution in [1.82, 2.24) is 19.9 Å². The Morgan fingerprint density at radius 1 is 1.24 bits per heavy atom. The molecule has 7 heteroatoms. The van der Waals surface area contributed by atoms with Crippen LogP contribution in [0.4, 0.5) is 0 Å². The summed E-state index contributed by atoms with van der Waals surface area (Å²) < 4.78 is 8.39. The first-order chi connectivity index (χ1) is 14.1. The largest absolute Gasteiger partial charge is 0.376 e. The number of ether oxygens (including phenoxy) is 1. The van der Waals surface area contributed by atoms with Gasteiger partial charge in [0.25, 0.3) is 0 Å². The monoisotopic (exact) mass is 414 g/mol. The van der Waals surface area contributed by atoms with Crippen molar-refractivity contribution in [3.8, 4) is 11.3 Å². The van der Waals surface area contributed by atoms with Crippen molar-refractivity contribution in [2.75, 3.05) is 19.7 Å². The highest BCUT2D eigenvalue weighted by Gasteiger charge is 2.44. The van der Waals surface area contributed by atoms with Crippen LogP contribution in [0.25, 0.3) is 11.3 Å². The van der Waals surface area contributed by atoms with E-state index in [4.69, 9.17) is 16.3 Å². The number of carbonyl (C=O) groups is 1. The molecule has 0 spiro atoms. The Labute approximate surface area is 176 Å². The topological polar surface area (TPSA) is 60.2 Å². The molecule has 1 amide bonds. The van der Waals surface area contributed by atoms with E-state index in [1.54, 1.807) is 6.92 Å². The van der Waals surface area contributed by atoms with E-state index in [0.717, 1.165) is 49.7 Å². The summed E-state index contributed by atoms with van der Waals surface area (Å²) in [5.74, 6) is 1.93. The van der Waals surface area contributed by atoms with Gasteiger partial charge in [0.2, 0.25) is 5.91 Å². The second-order valence-corrected chi connectivity index (χ2v) is 9.33. The van der Waals surface area contributed by atoms with Crippen LogP contribution in [0, 0.1) is 17.8 Å². The number of fused-ring (bicyclic) bond motifs is 1. The molecular weight excluding hydrogens is 388 g/mol. The van der Waals surface area contributed by atoms with E-state index < -0.39 is 0 Å². The van der Waals surface area contributed by atoms with Gasteiger partial charge in [-0.05, 0) is 55.6 Å². The minimum Gasteiger partial charge on any atom is -0.376 e. The molecule has 1 aromatic carbocycles. The zero-order valence-electron chi connectivity index (χ0n) is 16.7. The number of hydrogen-bond donors (Lipinski definition) is 0. The van der Waals surface area contributed by atoms with E-state index in [1.165, 1.54) is 12.8 Å². The molecule has 0 bridgehead atoms. The SMILES string of the molecule is CC(=O)N1C[C@H]2C[C@@H](n3cc(-c4cccc(Cl)c4)nn3)[C@H](OCC3CC3)C[C@H]2C1. The summed E-state index contributed by atoms with van der Waals surface area (Å²) in [6.45, 7) is 4.22. The number of halogens is 1. The van der Waals surface area contributed by atoms with Crippen LogP contribution in [0.2, 0.25) is 5.02 Å². The average Bonchev–Trinajstić information content (AvgIpc) is 3.23. The molecule has 0 unspecified atom stereocenters. The number of hydrogen-bond acceptors (Lipinski definition) is 4. The smallest absolute Gasteiger partial charge is 0.219 e. The lowest BCUT2D eigenvalue weighted by Gasteiger charge is -2.37. The van der Waals surface area contributed by atoms with Crippen molar-refractivity contribution in [3.63, 3.8) is 0 Å². The third-order valence-corrected chi connectivity index (χ3v) is 6.98. The molecule has 0 radical (unpaired) electrons. The van der Waals surface area contributed by atoms with Gasteiger partial charge in [0.1, 0.15) is 5.69 Å². The van der Waals surface area contributed by atoms with Crippen LogP contribution >= 0.6 is 11.6 Å². The second-order valence-electron chi connectivity index (χ2n) is 8.89. The second kappa shape index (κ2) is 7.73. The molecule has 5 rings (SSSR count). The maximum atomic E-state index is 11.9. The molecule has 3 aliphatic rings. The number of carbonyl (C=O) groups excluding carboxylic acids is 1. The van der Waals surface area contributed by atoms with Crippen molar-refractivity contribution in [2.45, 2.75) is 44.8 Å². The van der Waals surface area contributed by atoms with Crippen LogP contribution in [0.15, 0.2) is 30.5 Å². The number of aromatic nitrogens is 3. The Morgan fingerprint density at radius 2 is 2.03 bits per heavy atom. The van der Waals surface area contributed by atoms with E-state index in [2.05, 4.69) is 10.3 Å². The Kier molecular flexibility index (Phi) is 5.08. The number of nitrogens with zero attached hydrogens (tertiary/aromatic N) is 4. The first kappa shape index (κ1) is 19.1. The highest BCUT2D eigenvalue weighted by molar-refractivity contribution is 6.30. The summed E-state index contributed by atoms with van der Waals surface area (Å²) in [5, 5.41) is 9.57. The van der Waals surface area contributed by atoms with Crippen molar-refractivity contribution in [1.29, 1.82) is 0 Å². The van der Waals surface area contributed by atoms with Gasteiger partial charge in [0.05, 0.1) is 18.3 Å². The van der Waals surface area contributed by atoms with Crippen LogP contribution in [0.1, 0.15) is 38.6 Å². The number of amides is 1. The normalized spacial score (nSPS) is 29.1. The molecule has 6 nitrogen and oxygen atoms in total. The maximum absolute atomic E-state index is 11.9. The van der Waals surface area contributed by atoms with Gasteiger partial charge in [-0.15, -0.1) is 5.10 Å². The molecule has 154 valence electrons. The van der Waals surface area contributed by atoms with Crippen molar-refractivity contribution >= 4 is 17.5 Å². The highest BCUT2D eigenvalue weighted by Crippen LogP contribution is 2.43. The molecule has 2 saturated carbocycles. The summed E-state index contributed by atoms with van der Waals surface area (Å²) in [5.41, 5.74) is 1.80. The molecule has 2 aromatic rings. The van der Waals surface area contributed by atoms with E-state index in [9.17, 15) is 4.79 Å². The molecule has 1 aliphatic heterocycles. The number of likely N-dealkylation sites (tertiary alicyclic amines) is 1. The Hall–Kier alpha value is -1.92. The summed E-state index contributed by atoms with van der Waals surface area (Å²) in [6.07, 6.45) is 6.66. The van der Waals surface area contributed by atoms with Crippen LogP contribution < -0.4 is 0 Å². The fourth-order valence-electron chi connectivity index (χ4n) is 4.87. The lowest BCUT2D eigenvalue weighted by atomic mass is 9.77. The fraction of sp³-hybridized carbons (Fsp3) is 0.591. The quantitative estimate of drug-likeness (QED) is 0.746. The van der Waals surface area contributed by atoms with Crippen LogP contribution in [-0.2, 0) is 9.53 Å². The Morgan fingerprint density at radius 3 is 2.76 bits per heavy atom. The van der Waals surface area contributed by atoms with Gasteiger partial charge in [-0.25, -0.2) is 4.68 Å². The molecule has 4 atom stereocenters. The van der Waals surface area contributed by atoms with E-state index >= 15 is 0 Å². The summed E-state index contributed by atoms with van der Waals surface area (Å²) in [4.78, 5) is 13.9. The predicted molar refractivity (Wildman–Crippen MR) is 110 cm³/mol. The molecule has 3 fully saturated rings. The molecule has 2 aliphatic carbocycles. The molecule has 0 N–H and O–H groups in total. The van der Waals surface area contributed by atoms with Gasteiger partial charge in [-0.3, -0.25) is 4.79 Å². The Bertz CT molecular complexity index is 896. The first-order valence-electron chi connectivity index (χ1n) is 10.6. The van der Waals surface area contributed by atoms with Gasteiger partial charge in [-0.1, -0.05) is 28.9 Å². The zero-order chi connectivity index (χ0) is 20.0. The van der Waals surface area contributed by atoms with Gasteiger partial charge < -0.3 is 9.64 Å². The molecule has 1 aromatic heterocycles. The van der Waals surface area contributed by atoms with Gasteiger partial charge in [-0.2, -0.15) is 0 Å². The third-order valence-electron chi connectivity index (χ3n) is 6.74. The van der Waals surface area contributed by atoms with Gasteiger partial charge >= 0.3 is 0 Å². The van der Waals surface area contributed by atoms with Crippen LogP contribution in [-0.4, -0.2) is 51.6 Å². The average molecular weight is 415 g/mol. The summed E-state index contributed by atoms with van der Waals surface area (Å²) in [7, 11) is 0. The van der Waals surface area contributed by atoms with E-state index in [0.29, 0.717) is 16.9 Å². The van der Waals surface area contributed by atoms with Gasteiger partial charge in [0, 0.05) is 37.2 Å². The third kappa shape index (κ3) is 4.05. The van der Waals surface area contributed by atoms with E-state index in [-0.39, 0.29) is 18.1 Å². The van der Waals surface area contributed by atoms with Crippen molar-refractivity contribution in [2.24, 2.45) is 17.8 Å². The molecular formula is C22H27ClN4O2. The highest BCUT2D eigenvalue weighted by atomic mass is 35.5. The maximum Gasteiger partial charge on any atom is 0.219 e. The van der Waals surface area contributed by atoms with Crippen LogP contribution in [0.3, 0.4) is 0 Å². The van der Waals surface area contributed by atoms with Crippen molar-refractivity contribution < 1.29 is 9.53 Å². The van der Waals surface area contributed by atoms with E-state index in [1.807, 2.05) is 40.0 Å². The predicted octanol–water partition coefficient (Wildman–Crippen LogP) is 3.82. The number of benzene rings is 1. The number of rotatable bonds is 5. The Balaban J connectivity index is 1.38. The molecule has 2 heterocycles. The summed E-state index contributed by atoms with van der Waals surface area (Å²) >= 11 is 6.14. The lowest BCUT2D eigenvalue weighted by Crippen LogP contribution is -2.38. The standard InChI is InChI=1S/C22H27ClN4O2/c1-14(28)26-10-17-8-21(22(9-18(17)11-26)29-13-15-5-6-15)27-12-20(24-25-27)16-3-2-4-19(23)7-16/h2-4,7,12,15,17-18,21-22H,5-6,8-11,13H2,1H3/t17-,18+,21-,22-/m1/s1. The van der Waals surface area contributed by atoms with Crippen molar-refractivity contribution in [3.05, 3.63) is 35.5 Å². The fourth-order valence-corrected chi connectivity index (χ4v) is 5.06. The first-order valence-corrected chi connectivity index (χ1v) is 11.0. The lowest BCUT2D eigenvalue weighted by molar-refractivity contribution is -0.128. The van der Waals surface area contributed by atoms with Crippen LogP contribution in [0.5, 0.6) is 0 Å². The minimum absolute atomic E-state index is 0.123. The zero-order valence-corrected chi connectivity index (χ0v) is 17.5. The molecule has 1 saturated heterocycles. The summed E-state index contributed by atoms with van der Waals surface area (Å²) in [6, 6.07) is 7.86. The molecule has 29 heavy (non-hydrogen) atoms. The minimum atomic E-state index is 0.123. The van der Waals surface area contributed by atoms with Gasteiger partial charge in [0.15, 0.2) is 0 Å².